The summed E-state index contributed by atoms with van der Waals surface area (Å²) in [6.07, 6.45) is -4.11. The van der Waals surface area contributed by atoms with E-state index in [4.69, 9.17) is 5.73 Å². The number of H-pyrrole nitrogens is 1. The Morgan fingerprint density at radius 3 is 2.57 bits per heavy atom. The summed E-state index contributed by atoms with van der Waals surface area (Å²) in [4.78, 5) is 21.6. The van der Waals surface area contributed by atoms with Crippen molar-refractivity contribution in [2.24, 2.45) is 0 Å². The summed E-state index contributed by atoms with van der Waals surface area (Å²) >= 11 is 0. The Balaban J connectivity index is 1.57. The van der Waals surface area contributed by atoms with Crippen molar-refractivity contribution in [3.8, 4) is 11.4 Å². The number of rotatable bonds is 3. The monoisotopic (exact) mass is 418 g/mol. The van der Waals surface area contributed by atoms with Crippen LogP contribution in [0.5, 0.6) is 0 Å². The van der Waals surface area contributed by atoms with Crippen molar-refractivity contribution >= 4 is 5.69 Å². The van der Waals surface area contributed by atoms with Gasteiger partial charge in [-0.25, -0.2) is 9.37 Å². The van der Waals surface area contributed by atoms with Crippen LogP contribution in [0.15, 0.2) is 47.3 Å². The Hall–Kier alpha value is -3.20. The van der Waals surface area contributed by atoms with E-state index in [1.54, 1.807) is 29.2 Å². The first-order valence-electron chi connectivity index (χ1n) is 9.26. The van der Waals surface area contributed by atoms with Gasteiger partial charge in [0.15, 0.2) is 0 Å². The standard InChI is InChI=1S/C21H18F4N4O/c22-17-6-3-14(21(23,24)25)9-13(17)10-29-8-7-18-16(11-29)20(30)28-19(27-18)12-1-4-15(26)5-2-12/h1-6,9H,7-8,10-11,26H2,(H,27,28,30). The maximum Gasteiger partial charge on any atom is 0.416 e. The summed E-state index contributed by atoms with van der Waals surface area (Å²) in [6.45, 7) is 0.587. The minimum absolute atomic E-state index is 0.0334. The Kier molecular flexibility index (Phi) is 5.07. The molecular formula is C21H18F4N4O. The zero-order chi connectivity index (χ0) is 21.5. The van der Waals surface area contributed by atoms with Crippen LogP contribution in [0.2, 0.25) is 0 Å². The molecule has 0 bridgehead atoms. The van der Waals surface area contributed by atoms with Crippen LogP contribution < -0.4 is 11.3 Å². The van der Waals surface area contributed by atoms with Crippen molar-refractivity contribution in [1.82, 2.24) is 14.9 Å². The SMILES string of the molecule is Nc1ccc(-c2nc3c(c(=O)[nH]2)CN(Cc2cc(C(F)(F)F)ccc2F)CC3)cc1. The predicted octanol–water partition coefficient (Wildman–Crippen LogP) is 3.74. The lowest BCUT2D eigenvalue weighted by Gasteiger charge is -2.28. The van der Waals surface area contributed by atoms with E-state index in [0.717, 1.165) is 23.8 Å². The van der Waals surface area contributed by atoms with Gasteiger partial charge in [0.2, 0.25) is 0 Å². The zero-order valence-corrected chi connectivity index (χ0v) is 15.8. The van der Waals surface area contributed by atoms with Gasteiger partial charge in [0.25, 0.3) is 5.56 Å². The maximum absolute atomic E-state index is 14.1. The number of nitrogens with zero attached hydrogens (tertiary/aromatic N) is 2. The molecule has 0 saturated heterocycles. The third kappa shape index (κ3) is 4.06. The molecule has 1 aliphatic heterocycles. The summed E-state index contributed by atoms with van der Waals surface area (Å²) < 4.78 is 52.9. The van der Waals surface area contributed by atoms with Crippen LogP contribution in [-0.4, -0.2) is 21.4 Å². The smallest absolute Gasteiger partial charge is 0.399 e. The topological polar surface area (TPSA) is 75.0 Å². The van der Waals surface area contributed by atoms with Crippen molar-refractivity contribution in [2.75, 3.05) is 12.3 Å². The molecule has 2 aromatic carbocycles. The van der Waals surface area contributed by atoms with Crippen LogP contribution in [0.4, 0.5) is 23.2 Å². The first-order chi connectivity index (χ1) is 14.2. The van der Waals surface area contributed by atoms with E-state index < -0.39 is 17.6 Å². The van der Waals surface area contributed by atoms with Gasteiger partial charge in [0.1, 0.15) is 11.6 Å². The number of aromatic amines is 1. The van der Waals surface area contributed by atoms with Crippen molar-refractivity contribution < 1.29 is 17.6 Å². The lowest BCUT2D eigenvalue weighted by Crippen LogP contribution is -2.35. The molecule has 0 spiro atoms. The first kappa shape index (κ1) is 20.1. The molecule has 1 aromatic heterocycles. The maximum atomic E-state index is 14.1. The molecule has 2 heterocycles. The highest BCUT2D eigenvalue weighted by Gasteiger charge is 2.31. The van der Waals surface area contributed by atoms with Crippen LogP contribution in [0.25, 0.3) is 11.4 Å². The van der Waals surface area contributed by atoms with Crippen molar-refractivity contribution in [3.63, 3.8) is 0 Å². The van der Waals surface area contributed by atoms with E-state index in [1.165, 1.54) is 0 Å². The van der Waals surface area contributed by atoms with E-state index in [9.17, 15) is 22.4 Å². The fourth-order valence-electron chi connectivity index (χ4n) is 3.51. The number of alkyl halides is 3. The number of anilines is 1. The number of hydrogen-bond acceptors (Lipinski definition) is 4. The lowest BCUT2D eigenvalue weighted by atomic mass is 10.0. The Morgan fingerprint density at radius 2 is 1.87 bits per heavy atom. The molecule has 0 radical (unpaired) electrons. The number of halogens is 4. The van der Waals surface area contributed by atoms with Gasteiger partial charge in [-0.1, -0.05) is 0 Å². The molecule has 0 fully saturated rings. The van der Waals surface area contributed by atoms with Crippen LogP contribution >= 0.6 is 0 Å². The number of nitrogens with one attached hydrogen (secondary N) is 1. The van der Waals surface area contributed by atoms with Gasteiger partial charge in [0.05, 0.1) is 16.8 Å². The van der Waals surface area contributed by atoms with E-state index in [2.05, 4.69) is 9.97 Å². The molecule has 9 heteroatoms. The van der Waals surface area contributed by atoms with E-state index >= 15 is 0 Å². The highest BCUT2D eigenvalue weighted by atomic mass is 19.4. The molecule has 0 amide bonds. The summed E-state index contributed by atoms with van der Waals surface area (Å²) in [5, 5.41) is 0. The van der Waals surface area contributed by atoms with Gasteiger partial charge in [-0.05, 0) is 42.5 Å². The molecule has 1 aliphatic rings. The fourth-order valence-corrected chi connectivity index (χ4v) is 3.51. The van der Waals surface area contributed by atoms with E-state index in [-0.39, 0.29) is 24.2 Å². The number of nitrogen functional groups attached to an aromatic ring is 1. The highest BCUT2D eigenvalue weighted by molar-refractivity contribution is 5.58. The Labute approximate surface area is 169 Å². The molecule has 0 unspecified atom stereocenters. The number of aromatic nitrogens is 2. The Bertz CT molecular complexity index is 1140. The van der Waals surface area contributed by atoms with Crippen LogP contribution in [0.3, 0.4) is 0 Å². The third-order valence-electron chi connectivity index (χ3n) is 5.10. The van der Waals surface area contributed by atoms with Gasteiger partial charge >= 0.3 is 6.18 Å². The number of benzene rings is 2. The van der Waals surface area contributed by atoms with E-state index in [1.807, 2.05) is 0 Å². The molecule has 3 aromatic rings. The van der Waals surface area contributed by atoms with Crippen molar-refractivity contribution in [1.29, 1.82) is 0 Å². The average molecular weight is 418 g/mol. The number of hydrogen-bond donors (Lipinski definition) is 2. The molecule has 30 heavy (non-hydrogen) atoms. The van der Waals surface area contributed by atoms with Gasteiger partial charge in [-0.3, -0.25) is 9.69 Å². The molecule has 5 nitrogen and oxygen atoms in total. The number of fused-ring (bicyclic) bond motifs is 1. The predicted molar refractivity (Wildman–Crippen MR) is 104 cm³/mol. The largest absolute Gasteiger partial charge is 0.416 e. The molecular weight excluding hydrogens is 400 g/mol. The fraction of sp³-hybridized carbons (Fsp3) is 0.238. The van der Waals surface area contributed by atoms with Gasteiger partial charge in [-0.2, -0.15) is 13.2 Å². The van der Waals surface area contributed by atoms with Gasteiger partial charge < -0.3 is 10.7 Å². The molecule has 3 N–H and O–H groups in total. The summed E-state index contributed by atoms with van der Waals surface area (Å²) in [5.41, 5.74) is 6.79. The van der Waals surface area contributed by atoms with Crippen LogP contribution in [0, 0.1) is 5.82 Å². The molecule has 0 atom stereocenters. The molecule has 0 saturated carbocycles. The van der Waals surface area contributed by atoms with Gasteiger partial charge in [0, 0.05) is 42.9 Å². The van der Waals surface area contributed by atoms with Crippen LogP contribution in [0.1, 0.15) is 22.4 Å². The average Bonchev–Trinajstić information content (AvgIpc) is 2.69. The minimum atomic E-state index is -4.55. The zero-order valence-electron chi connectivity index (χ0n) is 15.8. The lowest BCUT2D eigenvalue weighted by molar-refractivity contribution is -0.137. The molecule has 0 aliphatic carbocycles. The normalized spacial score (nSPS) is 14.5. The number of nitrogens with two attached hydrogens (primary N) is 1. The van der Waals surface area contributed by atoms with E-state index in [0.29, 0.717) is 35.7 Å². The second-order valence-electron chi connectivity index (χ2n) is 7.23. The molecule has 156 valence electrons. The second kappa shape index (κ2) is 7.56. The van der Waals surface area contributed by atoms with Crippen LogP contribution in [-0.2, 0) is 25.7 Å². The summed E-state index contributed by atoms with van der Waals surface area (Å²) in [5.74, 6) is -0.282. The summed E-state index contributed by atoms with van der Waals surface area (Å²) in [7, 11) is 0. The Morgan fingerprint density at radius 1 is 1.13 bits per heavy atom. The quantitative estimate of drug-likeness (QED) is 0.502. The van der Waals surface area contributed by atoms with Crippen molar-refractivity contribution in [3.05, 3.63) is 81.0 Å². The molecule has 4 rings (SSSR count). The third-order valence-corrected chi connectivity index (χ3v) is 5.10. The van der Waals surface area contributed by atoms with Gasteiger partial charge in [-0.15, -0.1) is 0 Å². The highest BCUT2D eigenvalue weighted by Crippen LogP contribution is 2.31. The summed E-state index contributed by atoms with van der Waals surface area (Å²) in [6, 6.07) is 9.29. The van der Waals surface area contributed by atoms with Crippen molar-refractivity contribution in [2.45, 2.75) is 25.7 Å². The first-order valence-corrected chi connectivity index (χ1v) is 9.26. The minimum Gasteiger partial charge on any atom is -0.399 e. The second-order valence-corrected chi connectivity index (χ2v) is 7.23.